The second-order valence-electron chi connectivity index (χ2n) is 4.84. The molecule has 0 radical (unpaired) electrons. The summed E-state index contributed by atoms with van der Waals surface area (Å²) in [6, 6.07) is 6.16. The van der Waals surface area contributed by atoms with Crippen LogP contribution >= 0.6 is 11.6 Å². The summed E-state index contributed by atoms with van der Waals surface area (Å²) >= 11 is 5.80. The lowest BCUT2D eigenvalue weighted by Crippen LogP contribution is -2.54. The molecule has 0 bridgehead atoms. The van der Waals surface area contributed by atoms with Crippen LogP contribution in [-0.4, -0.2) is 20.5 Å². The minimum Gasteiger partial charge on any atom is -0.329 e. The Morgan fingerprint density at radius 3 is 2.50 bits per heavy atom. The van der Waals surface area contributed by atoms with Crippen molar-refractivity contribution in [3.63, 3.8) is 0 Å². The van der Waals surface area contributed by atoms with Crippen LogP contribution in [0.1, 0.15) is 20.8 Å². The van der Waals surface area contributed by atoms with E-state index in [9.17, 15) is 8.42 Å². The van der Waals surface area contributed by atoms with E-state index in [-0.39, 0.29) is 17.4 Å². The first kappa shape index (κ1) is 15.4. The average molecular weight is 291 g/mol. The Bertz CT molecular complexity index is 517. The molecule has 1 aromatic carbocycles. The highest BCUT2D eigenvalue weighted by Gasteiger charge is 2.32. The highest BCUT2D eigenvalue weighted by Crippen LogP contribution is 2.21. The van der Waals surface area contributed by atoms with Crippen LogP contribution in [0.5, 0.6) is 0 Å². The zero-order valence-electron chi connectivity index (χ0n) is 10.8. The lowest BCUT2D eigenvalue weighted by Gasteiger charge is -2.33. The van der Waals surface area contributed by atoms with Gasteiger partial charge in [-0.25, -0.2) is 13.1 Å². The standard InChI is InChI=1S/C12H19ClN2O2S/c1-9(2)12(3,8-14)15-18(16,17)11-6-4-5-10(13)7-11/h4-7,9,15H,8,14H2,1-3H3. The molecule has 0 aliphatic heterocycles. The molecular formula is C12H19ClN2O2S. The average Bonchev–Trinajstić information content (AvgIpc) is 2.28. The molecule has 0 amide bonds. The molecule has 18 heavy (non-hydrogen) atoms. The molecule has 0 saturated heterocycles. The zero-order valence-corrected chi connectivity index (χ0v) is 12.3. The van der Waals surface area contributed by atoms with E-state index < -0.39 is 15.6 Å². The maximum atomic E-state index is 12.2. The van der Waals surface area contributed by atoms with Gasteiger partial charge in [-0.3, -0.25) is 0 Å². The molecule has 0 saturated carbocycles. The normalized spacial score (nSPS) is 15.7. The molecule has 0 aliphatic rings. The van der Waals surface area contributed by atoms with Gasteiger partial charge in [-0.2, -0.15) is 0 Å². The summed E-state index contributed by atoms with van der Waals surface area (Å²) in [5, 5.41) is 0.386. The number of nitrogens with two attached hydrogens (primary N) is 1. The number of hydrogen-bond donors (Lipinski definition) is 2. The first-order valence-electron chi connectivity index (χ1n) is 5.71. The molecule has 0 aromatic heterocycles. The Labute approximate surface area is 114 Å². The van der Waals surface area contributed by atoms with E-state index >= 15 is 0 Å². The molecule has 6 heteroatoms. The Morgan fingerprint density at radius 1 is 1.44 bits per heavy atom. The maximum Gasteiger partial charge on any atom is 0.241 e. The number of hydrogen-bond acceptors (Lipinski definition) is 3. The summed E-state index contributed by atoms with van der Waals surface area (Å²) in [6.07, 6.45) is 0. The van der Waals surface area contributed by atoms with Crippen molar-refractivity contribution in [2.24, 2.45) is 11.7 Å². The Hall–Kier alpha value is -0.620. The van der Waals surface area contributed by atoms with Gasteiger partial charge in [0.2, 0.25) is 10.0 Å². The molecule has 1 atom stereocenters. The van der Waals surface area contributed by atoms with Gasteiger partial charge in [0.05, 0.1) is 4.90 Å². The van der Waals surface area contributed by atoms with E-state index in [2.05, 4.69) is 4.72 Å². The molecule has 4 nitrogen and oxygen atoms in total. The predicted octanol–water partition coefficient (Wildman–Crippen LogP) is 1.99. The molecular weight excluding hydrogens is 272 g/mol. The SMILES string of the molecule is CC(C)C(C)(CN)NS(=O)(=O)c1cccc(Cl)c1. The summed E-state index contributed by atoms with van der Waals surface area (Å²) in [7, 11) is -3.61. The van der Waals surface area contributed by atoms with Crippen LogP contribution < -0.4 is 10.5 Å². The monoisotopic (exact) mass is 290 g/mol. The minimum absolute atomic E-state index is 0.0801. The summed E-state index contributed by atoms with van der Waals surface area (Å²) in [4.78, 5) is 0.148. The molecule has 0 fully saturated rings. The maximum absolute atomic E-state index is 12.2. The van der Waals surface area contributed by atoms with Gasteiger partial charge < -0.3 is 5.73 Å². The fraction of sp³-hybridized carbons (Fsp3) is 0.500. The second kappa shape index (κ2) is 5.57. The molecule has 1 rings (SSSR count). The van der Waals surface area contributed by atoms with E-state index in [0.29, 0.717) is 5.02 Å². The van der Waals surface area contributed by atoms with Gasteiger partial charge in [-0.05, 0) is 31.0 Å². The lowest BCUT2D eigenvalue weighted by molar-refractivity contribution is 0.315. The molecule has 3 N–H and O–H groups in total. The largest absolute Gasteiger partial charge is 0.329 e. The molecule has 1 aromatic rings. The van der Waals surface area contributed by atoms with Gasteiger partial charge in [0, 0.05) is 17.1 Å². The predicted molar refractivity (Wildman–Crippen MR) is 74.1 cm³/mol. The quantitative estimate of drug-likeness (QED) is 0.871. The third-order valence-electron chi connectivity index (χ3n) is 3.17. The van der Waals surface area contributed by atoms with Crippen LogP contribution in [0.2, 0.25) is 5.02 Å². The van der Waals surface area contributed by atoms with Crippen molar-refractivity contribution in [2.75, 3.05) is 6.54 Å². The summed E-state index contributed by atoms with van der Waals surface area (Å²) in [5.41, 5.74) is 4.99. The fourth-order valence-corrected chi connectivity index (χ4v) is 3.24. The number of nitrogens with one attached hydrogen (secondary N) is 1. The number of halogens is 1. The molecule has 0 aliphatic carbocycles. The van der Waals surface area contributed by atoms with Crippen molar-refractivity contribution in [2.45, 2.75) is 31.2 Å². The number of sulfonamides is 1. The Kier molecular flexibility index (Phi) is 4.78. The summed E-state index contributed by atoms with van der Waals surface area (Å²) in [5.74, 6) is 0.0801. The van der Waals surface area contributed by atoms with Gasteiger partial charge in [0.15, 0.2) is 0 Å². The van der Waals surface area contributed by atoms with Crippen molar-refractivity contribution in [1.29, 1.82) is 0 Å². The van der Waals surface area contributed by atoms with Crippen molar-refractivity contribution < 1.29 is 8.42 Å². The van der Waals surface area contributed by atoms with E-state index in [1.54, 1.807) is 19.1 Å². The zero-order chi connectivity index (χ0) is 14.0. The highest BCUT2D eigenvalue weighted by molar-refractivity contribution is 7.89. The van der Waals surface area contributed by atoms with E-state index in [4.69, 9.17) is 17.3 Å². The summed E-state index contributed by atoms with van der Waals surface area (Å²) in [6.45, 7) is 5.87. The number of benzene rings is 1. The lowest BCUT2D eigenvalue weighted by atomic mass is 9.90. The molecule has 102 valence electrons. The van der Waals surface area contributed by atoms with Gasteiger partial charge in [-0.1, -0.05) is 31.5 Å². The van der Waals surface area contributed by atoms with Crippen LogP contribution in [0.3, 0.4) is 0 Å². The van der Waals surface area contributed by atoms with E-state index in [1.165, 1.54) is 12.1 Å². The Morgan fingerprint density at radius 2 is 2.06 bits per heavy atom. The van der Waals surface area contributed by atoms with Crippen LogP contribution in [0, 0.1) is 5.92 Å². The topological polar surface area (TPSA) is 72.2 Å². The van der Waals surface area contributed by atoms with Crippen molar-refractivity contribution in [1.82, 2.24) is 4.72 Å². The van der Waals surface area contributed by atoms with Crippen LogP contribution in [0.15, 0.2) is 29.2 Å². The third-order valence-corrected chi connectivity index (χ3v) is 5.02. The minimum atomic E-state index is -3.61. The van der Waals surface area contributed by atoms with Gasteiger partial charge in [-0.15, -0.1) is 0 Å². The van der Waals surface area contributed by atoms with E-state index in [0.717, 1.165) is 0 Å². The van der Waals surface area contributed by atoms with E-state index in [1.807, 2.05) is 13.8 Å². The molecule has 1 unspecified atom stereocenters. The first-order chi connectivity index (χ1) is 8.21. The smallest absolute Gasteiger partial charge is 0.241 e. The van der Waals surface area contributed by atoms with Gasteiger partial charge in [0.1, 0.15) is 0 Å². The fourth-order valence-electron chi connectivity index (χ4n) is 1.40. The number of rotatable bonds is 5. The molecule has 0 spiro atoms. The van der Waals surface area contributed by atoms with Crippen LogP contribution in [0.25, 0.3) is 0 Å². The van der Waals surface area contributed by atoms with Crippen molar-refractivity contribution in [3.8, 4) is 0 Å². The summed E-state index contributed by atoms with van der Waals surface area (Å²) < 4.78 is 27.1. The molecule has 0 heterocycles. The Balaban J connectivity index is 3.09. The third kappa shape index (κ3) is 3.45. The second-order valence-corrected chi connectivity index (χ2v) is 6.96. The van der Waals surface area contributed by atoms with Gasteiger partial charge >= 0.3 is 0 Å². The van der Waals surface area contributed by atoms with Crippen LogP contribution in [-0.2, 0) is 10.0 Å². The van der Waals surface area contributed by atoms with Crippen molar-refractivity contribution in [3.05, 3.63) is 29.3 Å². The van der Waals surface area contributed by atoms with Crippen LogP contribution in [0.4, 0.5) is 0 Å². The first-order valence-corrected chi connectivity index (χ1v) is 7.57. The van der Waals surface area contributed by atoms with Gasteiger partial charge in [0.25, 0.3) is 0 Å². The van der Waals surface area contributed by atoms with Crippen molar-refractivity contribution >= 4 is 21.6 Å². The highest BCUT2D eigenvalue weighted by atomic mass is 35.5.